The normalized spacial score (nSPS) is 12.5. The van der Waals surface area contributed by atoms with E-state index in [1.165, 1.54) is 186 Å². The molecular weight excluding hydrogens is 583 g/mol. The SMILES string of the molecule is CCCCCCCCCCCCO[SiH](OCCCCCCCCCCCC)OCCC(CCCN)CCCCCCCCCCC. The lowest BCUT2D eigenvalue weighted by Gasteiger charge is -2.20. The predicted octanol–water partition coefficient (Wildman–Crippen LogP) is 13.3. The minimum absolute atomic E-state index is 0.728. The molecule has 0 amide bonds. The van der Waals surface area contributed by atoms with Gasteiger partial charge in [0.2, 0.25) is 0 Å². The van der Waals surface area contributed by atoms with Crippen LogP contribution in [0.1, 0.15) is 233 Å². The second kappa shape index (κ2) is 41.2. The highest BCUT2D eigenvalue weighted by molar-refractivity contribution is 6.36. The summed E-state index contributed by atoms with van der Waals surface area (Å²) in [5.41, 5.74) is 5.90. The summed E-state index contributed by atoms with van der Waals surface area (Å²) < 4.78 is 19.0. The first-order chi connectivity index (χ1) is 22.8. The Morgan fingerprint density at radius 1 is 0.348 bits per heavy atom. The summed E-state index contributed by atoms with van der Waals surface area (Å²) in [6, 6.07) is 0. The third kappa shape index (κ3) is 36.9. The molecule has 0 aliphatic carbocycles. The Morgan fingerprint density at radius 3 is 1.02 bits per heavy atom. The smallest absolute Gasteiger partial charge is 0.376 e. The molecule has 0 rings (SSSR count). The molecule has 0 radical (unpaired) electrons. The van der Waals surface area contributed by atoms with Crippen molar-refractivity contribution in [2.75, 3.05) is 26.4 Å². The first kappa shape index (κ1) is 46.1. The predicted molar refractivity (Wildman–Crippen MR) is 207 cm³/mol. The Labute approximate surface area is 292 Å². The van der Waals surface area contributed by atoms with E-state index in [0.717, 1.165) is 58.0 Å². The number of hydrogen-bond acceptors (Lipinski definition) is 4. The van der Waals surface area contributed by atoms with Crippen LogP contribution in [0.5, 0.6) is 0 Å². The van der Waals surface area contributed by atoms with Gasteiger partial charge in [0.05, 0.1) is 0 Å². The van der Waals surface area contributed by atoms with Crippen molar-refractivity contribution < 1.29 is 13.3 Å². The minimum Gasteiger partial charge on any atom is -0.376 e. The lowest BCUT2D eigenvalue weighted by Crippen LogP contribution is -2.29. The van der Waals surface area contributed by atoms with Crippen molar-refractivity contribution in [1.82, 2.24) is 0 Å². The van der Waals surface area contributed by atoms with E-state index in [9.17, 15) is 0 Å². The molecule has 4 nitrogen and oxygen atoms in total. The molecular formula is C41H87NO3Si. The largest absolute Gasteiger partial charge is 0.484 e. The van der Waals surface area contributed by atoms with E-state index in [4.69, 9.17) is 19.0 Å². The van der Waals surface area contributed by atoms with Gasteiger partial charge in [-0.25, -0.2) is 0 Å². The zero-order valence-corrected chi connectivity index (χ0v) is 33.3. The molecule has 0 saturated carbocycles. The van der Waals surface area contributed by atoms with Gasteiger partial charge in [-0.2, -0.15) is 0 Å². The average Bonchev–Trinajstić information content (AvgIpc) is 3.07. The zero-order valence-electron chi connectivity index (χ0n) is 32.1. The van der Waals surface area contributed by atoms with Crippen molar-refractivity contribution in [3.8, 4) is 0 Å². The van der Waals surface area contributed by atoms with Crippen LogP contribution >= 0.6 is 0 Å². The second-order valence-electron chi connectivity index (χ2n) is 14.5. The van der Waals surface area contributed by atoms with Crippen molar-refractivity contribution in [3.05, 3.63) is 0 Å². The molecule has 46 heavy (non-hydrogen) atoms. The molecule has 278 valence electrons. The van der Waals surface area contributed by atoms with Crippen LogP contribution in [0.25, 0.3) is 0 Å². The molecule has 1 atom stereocenters. The van der Waals surface area contributed by atoms with Gasteiger partial charge in [0.15, 0.2) is 0 Å². The van der Waals surface area contributed by atoms with E-state index in [-0.39, 0.29) is 0 Å². The van der Waals surface area contributed by atoms with E-state index in [2.05, 4.69) is 20.8 Å². The minimum atomic E-state index is -2.06. The molecule has 5 heteroatoms. The molecule has 0 fully saturated rings. The quantitative estimate of drug-likeness (QED) is 0.0520. The lowest BCUT2D eigenvalue weighted by atomic mass is 9.93. The monoisotopic (exact) mass is 670 g/mol. The van der Waals surface area contributed by atoms with E-state index in [0.29, 0.717) is 0 Å². The van der Waals surface area contributed by atoms with Crippen LogP contribution in [-0.2, 0) is 13.3 Å². The molecule has 0 aliphatic rings. The van der Waals surface area contributed by atoms with Gasteiger partial charge in [0.25, 0.3) is 0 Å². The summed E-state index contributed by atoms with van der Waals surface area (Å²) in [6.07, 6.45) is 44.5. The van der Waals surface area contributed by atoms with E-state index in [1.807, 2.05) is 0 Å². The van der Waals surface area contributed by atoms with Crippen LogP contribution in [-0.4, -0.2) is 35.9 Å². The van der Waals surface area contributed by atoms with Crippen LogP contribution in [0.4, 0.5) is 0 Å². The van der Waals surface area contributed by atoms with Gasteiger partial charge in [0, 0.05) is 19.8 Å². The second-order valence-corrected chi connectivity index (χ2v) is 16.0. The van der Waals surface area contributed by atoms with Gasteiger partial charge in [0.1, 0.15) is 0 Å². The number of nitrogens with two attached hydrogens (primary N) is 1. The molecule has 0 bridgehead atoms. The molecule has 0 spiro atoms. The van der Waals surface area contributed by atoms with Crippen LogP contribution < -0.4 is 5.73 Å². The maximum absolute atomic E-state index is 6.39. The number of unbranched alkanes of at least 4 members (excludes halogenated alkanes) is 26. The topological polar surface area (TPSA) is 53.7 Å². The fourth-order valence-corrected chi connectivity index (χ4v) is 7.93. The van der Waals surface area contributed by atoms with Crippen molar-refractivity contribution in [3.63, 3.8) is 0 Å². The fraction of sp³-hybridized carbons (Fsp3) is 1.00. The maximum atomic E-state index is 6.39. The van der Waals surface area contributed by atoms with Gasteiger partial charge in [-0.1, -0.05) is 201 Å². The molecule has 0 aromatic heterocycles. The Bertz CT molecular complexity index is 512. The zero-order chi connectivity index (χ0) is 33.4. The average molecular weight is 670 g/mol. The summed E-state index contributed by atoms with van der Waals surface area (Å²) in [5.74, 6) is 0.728. The van der Waals surface area contributed by atoms with Crippen molar-refractivity contribution in [2.24, 2.45) is 11.7 Å². The summed E-state index contributed by atoms with van der Waals surface area (Å²) in [4.78, 5) is 0. The standard InChI is InChI=1S/C41H87NO3Si/c1-4-7-10-13-16-19-22-25-28-31-38-43-46(44-39-32-29-26-23-20-17-14-11-8-5-2)45-40-36-41(35-33-37-42)34-30-27-24-21-18-15-12-9-6-3/h41,46H,4-40,42H2,1-3H3. The van der Waals surface area contributed by atoms with Gasteiger partial charge in [-0.15, -0.1) is 0 Å². The molecule has 0 heterocycles. The highest BCUT2D eigenvalue weighted by Gasteiger charge is 2.17. The van der Waals surface area contributed by atoms with Crippen LogP contribution in [0.2, 0.25) is 0 Å². The van der Waals surface area contributed by atoms with Crippen LogP contribution in [0, 0.1) is 5.92 Å². The Kier molecular flexibility index (Phi) is 41.3. The molecule has 0 saturated heterocycles. The Balaban J connectivity index is 4.32. The molecule has 1 unspecified atom stereocenters. The summed E-state index contributed by atoms with van der Waals surface area (Å²) >= 11 is 0. The van der Waals surface area contributed by atoms with Gasteiger partial charge >= 0.3 is 9.53 Å². The highest BCUT2D eigenvalue weighted by atomic mass is 28.3. The number of rotatable bonds is 41. The van der Waals surface area contributed by atoms with E-state index >= 15 is 0 Å². The molecule has 0 aromatic carbocycles. The van der Waals surface area contributed by atoms with E-state index < -0.39 is 9.53 Å². The number of hydrogen-bond donors (Lipinski definition) is 1. The maximum Gasteiger partial charge on any atom is 0.484 e. The van der Waals surface area contributed by atoms with Gasteiger partial charge in [-0.05, 0) is 44.6 Å². The third-order valence-corrected chi connectivity index (χ3v) is 11.3. The van der Waals surface area contributed by atoms with Crippen LogP contribution in [0.15, 0.2) is 0 Å². The fourth-order valence-electron chi connectivity index (χ4n) is 6.60. The van der Waals surface area contributed by atoms with Gasteiger partial charge < -0.3 is 19.0 Å². The Hall–Kier alpha value is 0.0569. The third-order valence-electron chi connectivity index (χ3n) is 9.82. The molecule has 2 N–H and O–H groups in total. The van der Waals surface area contributed by atoms with E-state index in [1.54, 1.807) is 0 Å². The Morgan fingerprint density at radius 2 is 0.652 bits per heavy atom. The summed E-state index contributed by atoms with van der Waals surface area (Å²) in [7, 11) is -2.06. The van der Waals surface area contributed by atoms with Crippen molar-refractivity contribution in [1.29, 1.82) is 0 Å². The van der Waals surface area contributed by atoms with Gasteiger partial charge in [-0.3, -0.25) is 0 Å². The lowest BCUT2D eigenvalue weighted by molar-refractivity contribution is 0.0843. The first-order valence-corrected chi connectivity index (χ1v) is 22.7. The van der Waals surface area contributed by atoms with Crippen LogP contribution in [0.3, 0.4) is 0 Å². The summed E-state index contributed by atoms with van der Waals surface area (Å²) in [5, 5.41) is 0. The first-order valence-electron chi connectivity index (χ1n) is 21.3. The van der Waals surface area contributed by atoms with Crippen molar-refractivity contribution >= 4 is 9.53 Å². The van der Waals surface area contributed by atoms with Crippen molar-refractivity contribution in [2.45, 2.75) is 233 Å². The molecule has 0 aliphatic heterocycles. The molecule has 0 aromatic rings. The summed E-state index contributed by atoms with van der Waals surface area (Å²) in [6.45, 7) is 10.1. The highest BCUT2D eigenvalue weighted by Crippen LogP contribution is 2.21.